The van der Waals surface area contributed by atoms with Crippen molar-refractivity contribution in [2.45, 2.75) is 0 Å². The van der Waals surface area contributed by atoms with Crippen molar-refractivity contribution in [3.05, 3.63) is 0 Å². The summed E-state index contributed by atoms with van der Waals surface area (Å²) in [6.07, 6.45) is 0. The minimum Gasteiger partial charge on any atom is -0.396 e. The molecule has 0 aromatic carbocycles. The Morgan fingerprint density at radius 3 is 3.05 bits per heavy atom. The molecule has 0 aromatic rings. The first kappa shape index (κ1) is 14.7. The summed E-state index contributed by atoms with van der Waals surface area (Å²) in [6, 6.07) is 0. The minimum absolute atomic E-state index is 0.110. The molecular formula is C13H25N3O3. The highest BCUT2D eigenvalue weighted by Crippen LogP contribution is 2.38. The number of likely N-dealkylation sites (tertiary alicyclic amines) is 1. The Morgan fingerprint density at radius 2 is 2.42 bits per heavy atom. The predicted octanol–water partition coefficient (Wildman–Crippen LogP) is -1.40. The lowest BCUT2D eigenvalue weighted by Crippen LogP contribution is -2.42. The van der Waals surface area contributed by atoms with Crippen LogP contribution in [0, 0.1) is 11.3 Å². The second kappa shape index (κ2) is 6.17. The van der Waals surface area contributed by atoms with Crippen LogP contribution in [-0.4, -0.2) is 87.5 Å². The maximum absolute atomic E-state index is 12.2. The standard InChI is InChI=1S/C13H25N3O3/c1-15(3-4-19-2)7-12(18)16-6-11-5-14-8-13(11,9-16)10-17/h11,14,17H,3-10H2,1-2H3. The highest BCUT2D eigenvalue weighted by molar-refractivity contribution is 5.78. The van der Waals surface area contributed by atoms with Crippen molar-refractivity contribution >= 4 is 5.91 Å². The van der Waals surface area contributed by atoms with E-state index in [4.69, 9.17) is 4.74 Å². The van der Waals surface area contributed by atoms with Crippen molar-refractivity contribution in [3.63, 3.8) is 0 Å². The van der Waals surface area contributed by atoms with Gasteiger partial charge in [-0.2, -0.15) is 0 Å². The molecule has 110 valence electrons. The summed E-state index contributed by atoms with van der Waals surface area (Å²) in [5, 5.41) is 12.9. The Labute approximate surface area is 114 Å². The summed E-state index contributed by atoms with van der Waals surface area (Å²) in [7, 11) is 3.59. The Bertz CT molecular complexity index is 326. The quantitative estimate of drug-likeness (QED) is 0.622. The van der Waals surface area contributed by atoms with Crippen molar-refractivity contribution in [1.29, 1.82) is 0 Å². The Kier molecular flexibility index (Phi) is 4.78. The van der Waals surface area contributed by atoms with E-state index in [9.17, 15) is 9.90 Å². The van der Waals surface area contributed by atoms with Crippen molar-refractivity contribution in [2.24, 2.45) is 11.3 Å². The number of hydrogen-bond acceptors (Lipinski definition) is 5. The number of methoxy groups -OCH3 is 1. The van der Waals surface area contributed by atoms with Gasteiger partial charge in [-0.15, -0.1) is 0 Å². The van der Waals surface area contributed by atoms with E-state index in [0.717, 1.165) is 26.2 Å². The van der Waals surface area contributed by atoms with Gasteiger partial charge in [-0.05, 0) is 13.0 Å². The second-order valence-corrected chi connectivity index (χ2v) is 5.85. The van der Waals surface area contributed by atoms with Gasteiger partial charge in [0.15, 0.2) is 0 Å². The molecule has 19 heavy (non-hydrogen) atoms. The third-order valence-corrected chi connectivity index (χ3v) is 4.43. The summed E-state index contributed by atoms with van der Waals surface area (Å²) >= 11 is 0. The molecule has 0 aromatic heterocycles. The van der Waals surface area contributed by atoms with Gasteiger partial charge in [0.2, 0.25) is 5.91 Å². The average Bonchev–Trinajstić information content (AvgIpc) is 2.93. The molecule has 2 aliphatic heterocycles. The molecular weight excluding hydrogens is 246 g/mol. The number of nitrogens with one attached hydrogen (secondary N) is 1. The van der Waals surface area contributed by atoms with Crippen molar-refractivity contribution in [3.8, 4) is 0 Å². The first-order valence-corrected chi connectivity index (χ1v) is 6.88. The molecule has 0 saturated carbocycles. The number of fused-ring (bicyclic) bond motifs is 1. The Morgan fingerprint density at radius 1 is 1.63 bits per heavy atom. The van der Waals surface area contributed by atoms with Gasteiger partial charge in [0.25, 0.3) is 0 Å². The number of aliphatic hydroxyl groups is 1. The lowest BCUT2D eigenvalue weighted by Gasteiger charge is -2.26. The van der Waals surface area contributed by atoms with E-state index < -0.39 is 0 Å². The number of carbonyl (C=O) groups excluding carboxylic acids is 1. The van der Waals surface area contributed by atoms with E-state index in [-0.39, 0.29) is 17.9 Å². The molecule has 0 bridgehead atoms. The maximum Gasteiger partial charge on any atom is 0.236 e. The summed E-state index contributed by atoms with van der Waals surface area (Å²) in [6.45, 7) is 5.14. The van der Waals surface area contributed by atoms with Crippen LogP contribution in [-0.2, 0) is 9.53 Å². The van der Waals surface area contributed by atoms with Crippen molar-refractivity contribution in [2.75, 3.05) is 66.6 Å². The van der Waals surface area contributed by atoms with E-state index >= 15 is 0 Å². The smallest absolute Gasteiger partial charge is 0.236 e. The molecule has 1 amide bonds. The fourth-order valence-corrected chi connectivity index (χ4v) is 3.09. The van der Waals surface area contributed by atoms with E-state index in [1.807, 2.05) is 16.8 Å². The topological polar surface area (TPSA) is 65.0 Å². The molecule has 0 radical (unpaired) electrons. The van der Waals surface area contributed by atoms with Crippen LogP contribution >= 0.6 is 0 Å². The molecule has 0 aliphatic carbocycles. The maximum atomic E-state index is 12.2. The van der Waals surface area contributed by atoms with E-state index in [1.54, 1.807) is 7.11 Å². The van der Waals surface area contributed by atoms with Crippen LogP contribution in [0.4, 0.5) is 0 Å². The fraction of sp³-hybridized carbons (Fsp3) is 0.923. The number of carbonyl (C=O) groups is 1. The molecule has 2 heterocycles. The van der Waals surface area contributed by atoms with Crippen molar-refractivity contribution in [1.82, 2.24) is 15.1 Å². The van der Waals surface area contributed by atoms with Crippen LogP contribution in [0.25, 0.3) is 0 Å². The Balaban J connectivity index is 1.85. The largest absolute Gasteiger partial charge is 0.396 e. The van der Waals surface area contributed by atoms with E-state index in [2.05, 4.69) is 5.32 Å². The third-order valence-electron chi connectivity index (χ3n) is 4.43. The fourth-order valence-electron chi connectivity index (χ4n) is 3.09. The van der Waals surface area contributed by atoms with Crippen LogP contribution in [0.15, 0.2) is 0 Å². The normalized spacial score (nSPS) is 30.1. The summed E-state index contributed by atoms with van der Waals surface area (Å²) in [4.78, 5) is 16.1. The number of hydrogen-bond donors (Lipinski definition) is 2. The number of ether oxygens (including phenoxy) is 1. The number of likely N-dealkylation sites (N-methyl/N-ethyl adjacent to an activating group) is 1. The van der Waals surface area contributed by atoms with Gasteiger partial charge in [0.1, 0.15) is 0 Å². The third kappa shape index (κ3) is 3.08. The lowest BCUT2D eigenvalue weighted by atomic mass is 9.82. The van der Waals surface area contributed by atoms with Crippen molar-refractivity contribution < 1.29 is 14.6 Å². The van der Waals surface area contributed by atoms with Crippen LogP contribution in [0.3, 0.4) is 0 Å². The molecule has 0 spiro atoms. The molecule has 2 N–H and O–H groups in total. The molecule has 2 unspecified atom stereocenters. The van der Waals surface area contributed by atoms with Gasteiger partial charge >= 0.3 is 0 Å². The van der Waals surface area contributed by atoms with Gasteiger partial charge in [-0.25, -0.2) is 0 Å². The van der Waals surface area contributed by atoms with Gasteiger partial charge in [0, 0.05) is 45.2 Å². The van der Waals surface area contributed by atoms with Crippen LogP contribution in [0.5, 0.6) is 0 Å². The number of aliphatic hydroxyl groups excluding tert-OH is 1. The minimum atomic E-state index is -0.110. The molecule has 6 nitrogen and oxygen atoms in total. The Hall–Kier alpha value is -0.690. The molecule has 2 aliphatic rings. The van der Waals surface area contributed by atoms with Gasteiger partial charge < -0.3 is 20.1 Å². The summed E-state index contributed by atoms with van der Waals surface area (Å²) in [5.74, 6) is 0.548. The molecule has 6 heteroatoms. The zero-order chi connectivity index (χ0) is 13.9. The van der Waals surface area contributed by atoms with Crippen LogP contribution in [0.2, 0.25) is 0 Å². The zero-order valence-corrected chi connectivity index (χ0v) is 11.9. The number of nitrogens with zero attached hydrogens (tertiary/aromatic N) is 2. The van der Waals surface area contributed by atoms with E-state index in [0.29, 0.717) is 25.6 Å². The number of amides is 1. The SMILES string of the molecule is COCCN(C)CC(=O)N1CC2CNCC2(CO)C1. The lowest BCUT2D eigenvalue weighted by molar-refractivity contribution is -0.131. The first-order valence-electron chi connectivity index (χ1n) is 6.88. The molecule has 2 atom stereocenters. The van der Waals surface area contributed by atoms with E-state index in [1.165, 1.54) is 0 Å². The predicted molar refractivity (Wildman–Crippen MR) is 71.8 cm³/mol. The zero-order valence-electron chi connectivity index (χ0n) is 11.9. The van der Waals surface area contributed by atoms with Gasteiger partial charge in [0.05, 0.1) is 19.8 Å². The van der Waals surface area contributed by atoms with Gasteiger partial charge in [-0.3, -0.25) is 9.69 Å². The number of rotatable bonds is 6. The highest BCUT2D eigenvalue weighted by atomic mass is 16.5. The molecule has 2 rings (SSSR count). The molecule has 2 fully saturated rings. The van der Waals surface area contributed by atoms with Crippen LogP contribution < -0.4 is 5.32 Å². The first-order chi connectivity index (χ1) is 9.11. The summed E-state index contributed by atoms with van der Waals surface area (Å²) < 4.78 is 5.01. The van der Waals surface area contributed by atoms with Gasteiger partial charge in [-0.1, -0.05) is 0 Å². The monoisotopic (exact) mass is 271 g/mol. The molecule has 2 saturated heterocycles. The second-order valence-electron chi connectivity index (χ2n) is 5.85. The highest BCUT2D eigenvalue weighted by Gasteiger charge is 2.50. The summed E-state index contributed by atoms with van der Waals surface area (Å²) in [5.41, 5.74) is -0.110. The average molecular weight is 271 g/mol. The van der Waals surface area contributed by atoms with Crippen LogP contribution in [0.1, 0.15) is 0 Å².